The number of nitrogens with one attached hydrogen (secondary N) is 3. The second kappa shape index (κ2) is 7.58. The maximum atomic E-state index is 10.6. The van der Waals surface area contributed by atoms with Gasteiger partial charge in [-0.15, -0.1) is 0 Å². The number of aliphatic imine (C=N–C) groups is 1. The number of fused-ring (bicyclic) bond motifs is 1. The van der Waals surface area contributed by atoms with Crippen LogP contribution < -0.4 is 0 Å². The van der Waals surface area contributed by atoms with Gasteiger partial charge in [0.1, 0.15) is 11.8 Å². The topological polar surface area (TPSA) is 114 Å². The number of nitrogens with zero attached hydrogens (tertiary/aromatic N) is 3. The van der Waals surface area contributed by atoms with E-state index in [4.69, 9.17) is 5.41 Å². The molecule has 0 radical (unpaired) electrons. The van der Waals surface area contributed by atoms with Crippen LogP contribution in [0.5, 0.6) is 0 Å². The third kappa shape index (κ3) is 3.23. The highest BCUT2D eigenvalue weighted by Crippen LogP contribution is 2.30. The summed E-state index contributed by atoms with van der Waals surface area (Å²) < 4.78 is 0. The fourth-order valence-electron chi connectivity index (χ4n) is 3.23. The van der Waals surface area contributed by atoms with Gasteiger partial charge in [-0.2, -0.15) is 5.10 Å². The summed E-state index contributed by atoms with van der Waals surface area (Å²) in [6.45, 7) is 0. The zero-order chi connectivity index (χ0) is 19.5. The number of pyridine rings is 1. The number of H-pyrrole nitrogens is 2. The molecule has 140 valence electrons. The quantitative estimate of drug-likeness (QED) is 0.389. The molecule has 0 aliphatic rings. The summed E-state index contributed by atoms with van der Waals surface area (Å²) in [4.78, 5) is 11.6. The second-order valence-corrected chi connectivity index (χ2v) is 6.49. The van der Waals surface area contributed by atoms with Crippen LogP contribution in [0.2, 0.25) is 0 Å². The molecule has 7 heteroatoms. The van der Waals surface area contributed by atoms with Gasteiger partial charge < -0.3 is 15.5 Å². The van der Waals surface area contributed by atoms with Crippen LogP contribution >= 0.6 is 0 Å². The zero-order valence-corrected chi connectivity index (χ0v) is 15.3. The van der Waals surface area contributed by atoms with Crippen molar-refractivity contribution in [1.82, 2.24) is 20.2 Å². The van der Waals surface area contributed by atoms with Crippen LogP contribution in [0, 0.1) is 5.41 Å². The lowest BCUT2D eigenvalue weighted by molar-refractivity contribution is 0.215. The number of aliphatic hydroxyl groups is 1. The van der Waals surface area contributed by atoms with Gasteiger partial charge in [0, 0.05) is 42.8 Å². The van der Waals surface area contributed by atoms with Crippen molar-refractivity contribution in [3.8, 4) is 11.3 Å². The molecule has 4 N–H and O–H groups in total. The number of benzene rings is 1. The zero-order valence-electron chi connectivity index (χ0n) is 15.3. The van der Waals surface area contributed by atoms with E-state index in [0.29, 0.717) is 11.4 Å². The van der Waals surface area contributed by atoms with E-state index in [2.05, 4.69) is 25.2 Å². The molecule has 7 nitrogen and oxygen atoms in total. The molecule has 28 heavy (non-hydrogen) atoms. The van der Waals surface area contributed by atoms with E-state index in [1.807, 2.05) is 48.7 Å². The van der Waals surface area contributed by atoms with Crippen molar-refractivity contribution >= 4 is 23.5 Å². The fraction of sp³-hybridized carbons (Fsp3) is 0.143. The number of aromatic amines is 2. The molecule has 2 atom stereocenters. The molecule has 0 aliphatic carbocycles. The first-order chi connectivity index (χ1) is 13.7. The van der Waals surface area contributed by atoms with Crippen LogP contribution in [0.4, 0.5) is 0 Å². The Hall–Kier alpha value is -3.58. The molecule has 2 unspecified atom stereocenters. The fourth-order valence-corrected chi connectivity index (χ4v) is 3.23. The van der Waals surface area contributed by atoms with E-state index in [-0.39, 0.29) is 5.92 Å². The van der Waals surface area contributed by atoms with E-state index in [1.54, 1.807) is 19.5 Å². The van der Waals surface area contributed by atoms with Crippen molar-refractivity contribution in [2.45, 2.75) is 12.0 Å². The van der Waals surface area contributed by atoms with Gasteiger partial charge in [0.15, 0.2) is 0 Å². The van der Waals surface area contributed by atoms with E-state index < -0.39 is 6.10 Å². The largest absolute Gasteiger partial charge is 0.382 e. The highest BCUT2D eigenvalue weighted by atomic mass is 16.3. The lowest BCUT2D eigenvalue weighted by Gasteiger charge is -2.07. The Balaban J connectivity index is 1.72. The minimum atomic E-state index is -0.774. The van der Waals surface area contributed by atoms with Crippen LogP contribution in [-0.4, -0.2) is 44.7 Å². The average molecular weight is 372 g/mol. The molecule has 0 saturated heterocycles. The Labute approximate surface area is 161 Å². The molecule has 1 aromatic carbocycles. The summed E-state index contributed by atoms with van der Waals surface area (Å²) in [5.41, 5.74) is 4.64. The van der Waals surface area contributed by atoms with Crippen LogP contribution in [0.25, 0.3) is 22.3 Å². The number of hydrogen-bond donors (Lipinski definition) is 4. The van der Waals surface area contributed by atoms with Crippen molar-refractivity contribution in [2.75, 3.05) is 7.05 Å². The monoisotopic (exact) mass is 372 g/mol. The Morgan fingerprint density at radius 2 is 2.00 bits per heavy atom. The summed E-state index contributed by atoms with van der Waals surface area (Å²) in [7, 11) is 1.69. The molecule has 3 aromatic heterocycles. The minimum absolute atomic E-state index is 0.223. The molecule has 0 aliphatic heterocycles. The van der Waals surface area contributed by atoms with Crippen molar-refractivity contribution < 1.29 is 5.11 Å². The van der Waals surface area contributed by atoms with Crippen molar-refractivity contribution in [1.29, 1.82) is 5.41 Å². The molecule has 4 aromatic rings. The van der Waals surface area contributed by atoms with Gasteiger partial charge in [-0.1, -0.05) is 30.3 Å². The van der Waals surface area contributed by atoms with Gasteiger partial charge in [-0.25, -0.2) is 4.98 Å². The first-order valence-corrected chi connectivity index (χ1v) is 8.90. The molecule has 4 rings (SSSR count). The molecular formula is C21H20N6O. The van der Waals surface area contributed by atoms with Gasteiger partial charge in [0.25, 0.3) is 0 Å². The third-order valence-electron chi connectivity index (χ3n) is 4.71. The molecule has 0 bridgehead atoms. The summed E-state index contributed by atoms with van der Waals surface area (Å²) in [6.07, 6.45) is 5.87. The third-order valence-corrected chi connectivity index (χ3v) is 4.71. The van der Waals surface area contributed by atoms with Gasteiger partial charge in [0.2, 0.25) is 0 Å². The van der Waals surface area contributed by atoms with Gasteiger partial charge in [-0.3, -0.25) is 10.1 Å². The summed E-state index contributed by atoms with van der Waals surface area (Å²) in [5, 5.41) is 26.4. The number of hydrogen-bond acceptors (Lipinski definition) is 5. The molecule has 0 saturated carbocycles. The number of aromatic nitrogens is 4. The Morgan fingerprint density at radius 3 is 2.75 bits per heavy atom. The van der Waals surface area contributed by atoms with E-state index >= 15 is 0 Å². The number of rotatable bonds is 6. The van der Waals surface area contributed by atoms with E-state index in [9.17, 15) is 5.11 Å². The molecule has 0 amide bonds. The first-order valence-electron chi connectivity index (χ1n) is 8.90. The lowest BCUT2D eigenvalue weighted by atomic mass is 10.0. The molecule has 0 spiro atoms. The average Bonchev–Trinajstić information content (AvgIpc) is 3.38. The molecular weight excluding hydrogens is 352 g/mol. The van der Waals surface area contributed by atoms with Crippen LogP contribution in [0.15, 0.2) is 59.9 Å². The Kier molecular flexibility index (Phi) is 4.82. The predicted molar refractivity (Wildman–Crippen MR) is 110 cm³/mol. The van der Waals surface area contributed by atoms with Crippen LogP contribution in [-0.2, 0) is 0 Å². The van der Waals surface area contributed by atoms with Crippen molar-refractivity contribution in [3.63, 3.8) is 0 Å². The summed E-state index contributed by atoms with van der Waals surface area (Å²) in [6, 6.07) is 13.3. The second-order valence-electron chi connectivity index (χ2n) is 6.49. The summed E-state index contributed by atoms with van der Waals surface area (Å²) >= 11 is 0. The predicted octanol–water partition coefficient (Wildman–Crippen LogP) is 3.47. The first kappa shape index (κ1) is 17.8. The van der Waals surface area contributed by atoms with Crippen molar-refractivity contribution in [3.05, 3.63) is 71.7 Å². The molecule has 0 fully saturated rings. The van der Waals surface area contributed by atoms with Crippen molar-refractivity contribution in [2.24, 2.45) is 4.99 Å². The standard InChI is InChI=1S/C21H20N6O/c1-23-10-15(9-22)14-7-16-17(12-25-21(16)24-11-14)18-8-19(27-26-18)20(28)13-5-3-2-4-6-13/h2-12,15,20,22,28H,1H3,(H,24,25)(H,26,27). The minimum Gasteiger partial charge on any atom is -0.382 e. The molecule has 3 heterocycles. The maximum absolute atomic E-state index is 10.6. The van der Waals surface area contributed by atoms with Gasteiger partial charge >= 0.3 is 0 Å². The highest BCUT2D eigenvalue weighted by Gasteiger charge is 2.17. The van der Waals surface area contributed by atoms with Gasteiger partial charge in [-0.05, 0) is 23.3 Å². The highest BCUT2D eigenvalue weighted by molar-refractivity contribution is 5.95. The maximum Gasteiger partial charge on any atom is 0.137 e. The number of aliphatic hydroxyl groups excluding tert-OH is 1. The lowest BCUT2D eigenvalue weighted by Crippen LogP contribution is -2.01. The SMILES string of the molecule is CN=CC(C=N)c1cnc2[nH]cc(-c3cc(C(O)c4ccccc4)[nH]n3)c2c1. The Bertz CT molecular complexity index is 1130. The Morgan fingerprint density at radius 1 is 1.18 bits per heavy atom. The van der Waals surface area contributed by atoms with Crippen LogP contribution in [0.1, 0.15) is 28.8 Å². The normalized spacial score (nSPS) is 13.8. The smallest absolute Gasteiger partial charge is 0.137 e. The van der Waals surface area contributed by atoms with E-state index in [0.717, 1.165) is 27.7 Å². The summed E-state index contributed by atoms with van der Waals surface area (Å²) in [5.74, 6) is -0.223. The van der Waals surface area contributed by atoms with E-state index in [1.165, 1.54) is 6.21 Å². The van der Waals surface area contributed by atoms with Crippen LogP contribution in [0.3, 0.4) is 0 Å². The van der Waals surface area contributed by atoms with Gasteiger partial charge in [0.05, 0.1) is 17.3 Å².